The second kappa shape index (κ2) is 8.89. The number of methoxy groups -OCH3 is 1. The molecule has 6 heteroatoms. The van der Waals surface area contributed by atoms with Crippen LogP contribution < -0.4 is 9.47 Å². The Morgan fingerprint density at radius 3 is 2.35 bits per heavy atom. The first-order valence-corrected chi connectivity index (χ1v) is 8.19. The van der Waals surface area contributed by atoms with E-state index in [4.69, 9.17) is 14.6 Å². The minimum atomic E-state index is -1.14. The van der Waals surface area contributed by atoms with Gasteiger partial charge < -0.3 is 19.7 Å². The van der Waals surface area contributed by atoms with Crippen molar-refractivity contribution in [3.63, 3.8) is 0 Å². The van der Waals surface area contributed by atoms with Gasteiger partial charge in [-0.15, -0.1) is 0 Å². The summed E-state index contributed by atoms with van der Waals surface area (Å²) in [5.74, 6) is -2.18. The fourth-order valence-electron chi connectivity index (χ4n) is 2.74. The molecule has 6 nitrogen and oxygen atoms in total. The highest BCUT2D eigenvalue weighted by Gasteiger charge is 2.22. The van der Waals surface area contributed by atoms with E-state index in [0.29, 0.717) is 23.7 Å². The lowest BCUT2D eigenvalue weighted by atomic mass is 9.95. The summed E-state index contributed by atoms with van der Waals surface area (Å²) in [5, 5.41) is 18.1. The normalized spacial score (nSPS) is 11.6. The van der Waals surface area contributed by atoms with Gasteiger partial charge in [-0.1, -0.05) is 36.4 Å². The van der Waals surface area contributed by atoms with Gasteiger partial charge in [0.15, 0.2) is 11.5 Å². The van der Waals surface area contributed by atoms with Crippen LogP contribution in [0.2, 0.25) is 0 Å². The minimum Gasteiger partial charge on any atom is -0.493 e. The molecule has 2 aromatic carbocycles. The Bertz CT molecular complexity index is 769. The molecular formula is C20H22O6. The second-order valence-electron chi connectivity index (χ2n) is 6.06. The van der Waals surface area contributed by atoms with E-state index in [0.717, 1.165) is 11.1 Å². The summed E-state index contributed by atoms with van der Waals surface area (Å²) >= 11 is 0. The summed E-state index contributed by atoms with van der Waals surface area (Å²) in [7, 11) is 1.51. The smallest absolute Gasteiger partial charge is 0.307 e. The fraction of sp³-hybridized carbons (Fsp3) is 0.300. The molecule has 2 aromatic rings. The number of aliphatic carboxylic acids is 2. The van der Waals surface area contributed by atoms with Gasteiger partial charge in [0.1, 0.15) is 6.61 Å². The molecule has 2 N–H and O–H groups in total. The lowest BCUT2D eigenvalue weighted by molar-refractivity contribution is -0.148. The number of carboxylic acid groups (broad SMARTS) is 2. The predicted octanol–water partition coefficient (Wildman–Crippen LogP) is 3.30. The van der Waals surface area contributed by atoms with E-state index in [1.807, 2.05) is 37.3 Å². The van der Waals surface area contributed by atoms with Crippen molar-refractivity contribution in [3.8, 4) is 11.5 Å². The number of hydrogen-bond donors (Lipinski definition) is 2. The molecule has 0 aliphatic carbocycles. The molecule has 0 spiro atoms. The van der Waals surface area contributed by atoms with Crippen molar-refractivity contribution in [3.05, 3.63) is 59.2 Å². The number of ether oxygens (including phenoxy) is 2. The Balaban J connectivity index is 2.19. The number of carboxylic acids is 2. The highest BCUT2D eigenvalue weighted by Crippen LogP contribution is 2.34. The first-order chi connectivity index (χ1) is 12.4. The van der Waals surface area contributed by atoms with Gasteiger partial charge in [0.05, 0.1) is 19.4 Å². The molecule has 0 heterocycles. The molecule has 1 atom stereocenters. The van der Waals surface area contributed by atoms with Crippen molar-refractivity contribution in [1.82, 2.24) is 0 Å². The fourth-order valence-corrected chi connectivity index (χ4v) is 2.74. The van der Waals surface area contributed by atoms with Gasteiger partial charge in [-0.2, -0.15) is 0 Å². The third-order valence-corrected chi connectivity index (χ3v) is 4.00. The van der Waals surface area contributed by atoms with Crippen molar-refractivity contribution in [2.45, 2.75) is 26.4 Å². The molecule has 0 saturated heterocycles. The quantitative estimate of drug-likeness (QED) is 0.714. The molecule has 0 saturated carbocycles. The van der Waals surface area contributed by atoms with Crippen LogP contribution in [0.15, 0.2) is 42.5 Å². The molecule has 0 amide bonds. The van der Waals surface area contributed by atoms with E-state index in [1.165, 1.54) is 7.11 Å². The molecule has 0 radical (unpaired) electrons. The first-order valence-electron chi connectivity index (χ1n) is 8.19. The maximum atomic E-state index is 11.3. The van der Waals surface area contributed by atoms with Crippen LogP contribution >= 0.6 is 0 Å². The molecule has 26 heavy (non-hydrogen) atoms. The predicted molar refractivity (Wildman–Crippen MR) is 95.6 cm³/mol. The Kier molecular flexibility index (Phi) is 6.60. The highest BCUT2D eigenvalue weighted by molar-refractivity contribution is 5.78. The van der Waals surface area contributed by atoms with Crippen LogP contribution in [-0.4, -0.2) is 29.3 Å². The van der Waals surface area contributed by atoms with Crippen molar-refractivity contribution >= 4 is 11.9 Å². The lowest BCUT2D eigenvalue weighted by Gasteiger charge is -2.17. The van der Waals surface area contributed by atoms with Gasteiger partial charge in [-0.3, -0.25) is 9.59 Å². The number of hydrogen-bond acceptors (Lipinski definition) is 4. The number of benzene rings is 2. The second-order valence-corrected chi connectivity index (χ2v) is 6.06. The summed E-state index contributed by atoms with van der Waals surface area (Å²) in [6, 6.07) is 13.2. The van der Waals surface area contributed by atoms with Crippen molar-refractivity contribution in [2.75, 3.05) is 7.11 Å². The van der Waals surface area contributed by atoms with Crippen LogP contribution in [0.3, 0.4) is 0 Å². The van der Waals surface area contributed by atoms with Gasteiger partial charge in [0.25, 0.3) is 0 Å². The molecule has 0 aliphatic heterocycles. The summed E-state index contributed by atoms with van der Waals surface area (Å²) < 4.78 is 11.3. The van der Waals surface area contributed by atoms with Crippen LogP contribution in [0.5, 0.6) is 11.5 Å². The van der Waals surface area contributed by atoms with E-state index >= 15 is 0 Å². The molecule has 0 bridgehead atoms. The number of carbonyl (C=O) groups is 2. The Hall–Kier alpha value is -3.02. The van der Waals surface area contributed by atoms with Crippen LogP contribution in [0, 0.1) is 12.8 Å². The molecule has 0 fully saturated rings. The zero-order valence-electron chi connectivity index (χ0n) is 14.8. The highest BCUT2D eigenvalue weighted by atomic mass is 16.5. The first kappa shape index (κ1) is 19.3. The summed E-state index contributed by atoms with van der Waals surface area (Å²) in [5.41, 5.74) is 2.51. The molecular weight excluding hydrogens is 336 g/mol. The van der Waals surface area contributed by atoms with Crippen LogP contribution in [0.25, 0.3) is 0 Å². The monoisotopic (exact) mass is 358 g/mol. The van der Waals surface area contributed by atoms with Crippen molar-refractivity contribution in [2.24, 2.45) is 5.92 Å². The zero-order valence-corrected chi connectivity index (χ0v) is 14.8. The van der Waals surface area contributed by atoms with Crippen LogP contribution in [-0.2, 0) is 22.6 Å². The van der Waals surface area contributed by atoms with Gasteiger partial charge in [0, 0.05) is 0 Å². The largest absolute Gasteiger partial charge is 0.493 e. The van der Waals surface area contributed by atoms with Gasteiger partial charge in [-0.25, -0.2) is 0 Å². The maximum absolute atomic E-state index is 11.3. The third-order valence-electron chi connectivity index (χ3n) is 4.00. The van der Waals surface area contributed by atoms with Gasteiger partial charge >= 0.3 is 11.9 Å². The van der Waals surface area contributed by atoms with E-state index in [1.54, 1.807) is 12.1 Å². The third kappa shape index (κ3) is 5.24. The maximum Gasteiger partial charge on any atom is 0.307 e. The van der Waals surface area contributed by atoms with Gasteiger partial charge in [0.2, 0.25) is 0 Å². The summed E-state index contributed by atoms with van der Waals surface area (Å²) in [4.78, 5) is 22.1. The molecule has 0 unspecified atom stereocenters. The molecule has 138 valence electrons. The van der Waals surface area contributed by atoms with E-state index in [9.17, 15) is 14.7 Å². The van der Waals surface area contributed by atoms with Crippen molar-refractivity contribution < 1.29 is 29.3 Å². The molecule has 0 aromatic heterocycles. The van der Waals surface area contributed by atoms with E-state index in [-0.39, 0.29) is 6.42 Å². The Morgan fingerprint density at radius 1 is 1.08 bits per heavy atom. The zero-order chi connectivity index (χ0) is 19.1. The van der Waals surface area contributed by atoms with Crippen LogP contribution in [0.4, 0.5) is 0 Å². The molecule has 0 aliphatic rings. The summed E-state index contributed by atoms with van der Waals surface area (Å²) in [6.07, 6.45) is -0.319. The van der Waals surface area contributed by atoms with Crippen LogP contribution in [0.1, 0.15) is 23.1 Å². The lowest BCUT2D eigenvalue weighted by Crippen LogP contribution is -2.20. The molecule has 2 rings (SSSR count). The average molecular weight is 358 g/mol. The Morgan fingerprint density at radius 2 is 1.77 bits per heavy atom. The van der Waals surface area contributed by atoms with Crippen molar-refractivity contribution in [1.29, 1.82) is 0 Å². The van der Waals surface area contributed by atoms with Gasteiger partial charge in [-0.05, 0) is 36.1 Å². The SMILES string of the molecule is COc1cc(C[C@@H](CC(=O)O)C(=O)O)cc(C)c1OCc1ccccc1. The van der Waals surface area contributed by atoms with E-state index < -0.39 is 24.3 Å². The minimum absolute atomic E-state index is 0.109. The summed E-state index contributed by atoms with van der Waals surface area (Å²) in [6.45, 7) is 2.23. The number of rotatable bonds is 9. The van der Waals surface area contributed by atoms with E-state index in [2.05, 4.69) is 0 Å². The average Bonchev–Trinajstić information content (AvgIpc) is 2.60. The standard InChI is InChI=1S/C20H22O6/c1-13-8-15(9-16(20(23)24)11-18(21)22)10-17(25-2)19(13)26-12-14-6-4-3-5-7-14/h3-8,10,16H,9,11-12H2,1-2H3,(H,21,22)(H,23,24)/t16-/m0/s1. The topological polar surface area (TPSA) is 93.1 Å². The number of aryl methyl sites for hydroxylation is 1. The Labute approximate surface area is 152 Å².